The number of carbonyl (C=O) groups excluding carboxylic acids is 1. The number of halogens is 1. The first-order valence-electron chi connectivity index (χ1n) is 8.62. The average Bonchev–Trinajstić information content (AvgIpc) is 3.11. The number of carbonyl (C=O) groups is 1. The minimum absolute atomic E-state index is 0.0604. The van der Waals surface area contributed by atoms with E-state index >= 15 is 0 Å². The molecule has 1 amide bonds. The molecule has 0 radical (unpaired) electrons. The first-order valence-corrected chi connectivity index (χ1v) is 12.1. The van der Waals surface area contributed by atoms with Gasteiger partial charge in [-0.1, -0.05) is 52.0 Å². The molecule has 2 aliphatic heterocycles. The summed E-state index contributed by atoms with van der Waals surface area (Å²) in [5, 5.41) is 0.384. The second kappa shape index (κ2) is 7.88. The summed E-state index contributed by atoms with van der Waals surface area (Å²) >= 11 is 4.79. The van der Waals surface area contributed by atoms with Crippen molar-refractivity contribution in [3.8, 4) is 5.75 Å². The van der Waals surface area contributed by atoms with Gasteiger partial charge in [0.1, 0.15) is 5.75 Å². The molecule has 0 aromatic heterocycles. The lowest BCUT2D eigenvalue weighted by Gasteiger charge is -2.24. The molecule has 4 rings (SSSR count). The molecule has 0 N–H and O–H groups in total. The van der Waals surface area contributed by atoms with Gasteiger partial charge in [-0.2, -0.15) is 4.99 Å². The number of rotatable bonds is 4. The summed E-state index contributed by atoms with van der Waals surface area (Å²) in [5.41, 5.74) is 0.807. The van der Waals surface area contributed by atoms with Gasteiger partial charge in [0, 0.05) is 15.4 Å². The van der Waals surface area contributed by atoms with Crippen LogP contribution in [-0.2, 0) is 14.6 Å². The van der Waals surface area contributed by atoms with E-state index in [1.807, 2.05) is 47.4 Å². The van der Waals surface area contributed by atoms with Gasteiger partial charge >= 0.3 is 0 Å². The fourth-order valence-corrected chi connectivity index (χ4v) is 7.61. The van der Waals surface area contributed by atoms with Gasteiger partial charge in [-0.05, 0) is 30.3 Å². The van der Waals surface area contributed by atoms with Gasteiger partial charge in [-0.15, -0.1) is 0 Å². The summed E-state index contributed by atoms with van der Waals surface area (Å²) in [6.45, 7) is -0.173. The standard InChI is InChI=1S/C19H17BrN2O4S2/c20-13-5-4-6-14(9-13)22-16-11-28(24,25)12-17(16)27-19(22)21-18(23)10-26-15-7-2-1-3-8-15/h1-9,16-17H,10-12H2/t16-,17+/m1/s1. The van der Waals surface area contributed by atoms with Crippen molar-refractivity contribution in [2.45, 2.75) is 11.3 Å². The Morgan fingerprint density at radius 1 is 1.18 bits per heavy atom. The maximum Gasteiger partial charge on any atom is 0.285 e. The quantitative estimate of drug-likeness (QED) is 0.668. The number of sulfone groups is 1. The first-order chi connectivity index (χ1) is 13.4. The van der Waals surface area contributed by atoms with Crippen LogP contribution in [0.25, 0.3) is 0 Å². The molecule has 0 unspecified atom stereocenters. The van der Waals surface area contributed by atoms with E-state index < -0.39 is 15.7 Å². The molecular weight excluding hydrogens is 464 g/mol. The number of anilines is 1. The number of hydrogen-bond donors (Lipinski definition) is 0. The lowest BCUT2D eigenvalue weighted by Crippen LogP contribution is -2.37. The summed E-state index contributed by atoms with van der Waals surface area (Å²) < 4.78 is 30.6. The molecule has 0 spiro atoms. The Morgan fingerprint density at radius 3 is 2.71 bits per heavy atom. The Bertz CT molecular complexity index is 1030. The molecular formula is C19H17BrN2O4S2. The highest BCUT2D eigenvalue weighted by Crippen LogP contribution is 2.41. The fraction of sp³-hybridized carbons (Fsp3) is 0.263. The number of ether oxygens (including phenoxy) is 1. The third kappa shape index (κ3) is 4.26. The van der Waals surface area contributed by atoms with Crippen molar-refractivity contribution in [1.82, 2.24) is 0 Å². The highest BCUT2D eigenvalue weighted by Gasteiger charge is 2.49. The summed E-state index contributed by atoms with van der Waals surface area (Å²) in [7, 11) is -3.09. The van der Waals surface area contributed by atoms with Gasteiger partial charge in [-0.3, -0.25) is 4.79 Å². The smallest absolute Gasteiger partial charge is 0.285 e. The molecule has 2 fully saturated rings. The van der Waals surface area contributed by atoms with Crippen molar-refractivity contribution in [1.29, 1.82) is 0 Å². The zero-order chi connectivity index (χ0) is 19.7. The second-order valence-corrected chi connectivity index (χ2v) is 10.8. The zero-order valence-electron chi connectivity index (χ0n) is 14.7. The number of benzene rings is 2. The molecule has 0 bridgehead atoms. The molecule has 2 aromatic rings. The van der Waals surface area contributed by atoms with Crippen LogP contribution in [0.1, 0.15) is 0 Å². The summed E-state index contributed by atoms with van der Waals surface area (Å²) in [5.74, 6) is 0.349. The topological polar surface area (TPSA) is 76.0 Å². The Morgan fingerprint density at radius 2 is 1.96 bits per heavy atom. The molecule has 0 aliphatic carbocycles. The summed E-state index contributed by atoms with van der Waals surface area (Å²) in [4.78, 5) is 18.5. The number of aliphatic imine (C=N–C) groups is 1. The second-order valence-electron chi connectivity index (χ2n) is 6.54. The molecule has 0 saturated carbocycles. The van der Waals surface area contributed by atoms with Crippen LogP contribution in [0.2, 0.25) is 0 Å². The monoisotopic (exact) mass is 480 g/mol. The fourth-order valence-electron chi connectivity index (χ4n) is 3.29. The Hall–Kier alpha value is -1.84. The summed E-state index contributed by atoms with van der Waals surface area (Å²) in [6, 6.07) is 16.4. The number of amides is 1. The van der Waals surface area contributed by atoms with Crippen LogP contribution >= 0.6 is 27.7 Å². The molecule has 2 atom stereocenters. The maximum absolute atomic E-state index is 12.4. The predicted octanol–water partition coefficient (Wildman–Crippen LogP) is 3.13. The maximum atomic E-state index is 12.4. The molecule has 28 heavy (non-hydrogen) atoms. The molecule has 2 heterocycles. The van der Waals surface area contributed by atoms with Crippen LogP contribution in [0.15, 0.2) is 64.1 Å². The normalized spacial score (nSPS) is 24.3. The highest BCUT2D eigenvalue weighted by molar-refractivity contribution is 9.10. The minimum atomic E-state index is -3.09. The van der Waals surface area contributed by atoms with Gasteiger partial charge in [-0.25, -0.2) is 8.42 Å². The van der Waals surface area contributed by atoms with Crippen LogP contribution in [0.3, 0.4) is 0 Å². The molecule has 2 aromatic carbocycles. The lowest BCUT2D eigenvalue weighted by molar-refractivity contribution is -0.119. The van der Waals surface area contributed by atoms with E-state index in [1.165, 1.54) is 11.8 Å². The van der Waals surface area contributed by atoms with Crippen LogP contribution < -0.4 is 9.64 Å². The van der Waals surface area contributed by atoms with Crippen molar-refractivity contribution in [2.75, 3.05) is 23.0 Å². The van der Waals surface area contributed by atoms with Crippen molar-refractivity contribution in [2.24, 2.45) is 4.99 Å². The number of fused-ring (bicyclic) bond motifs is 1. The van der Waals surface area contributed by atoms with Crippen molar-refractivity contribution in [3.05, 3.63) is 59.1 Å². The van der Waals surface area contributed by atoms with Crippen molar-refractivity contribution in [3.63, 3.8) is 0 Å². The van der Waals surface area contributed by atoms with E-state index in [4.69, 9.17) is 4.74 Å². The van der Waals surface area contributed by atoms with E-state index in [9.17, 15) is 13.2 Å². The van der Waals surface area contributed by atoms with E-state index in [-0.39, 0.29) is 29.4 Å². The van der Waals surface area contributed by atoms with Gasteiger partial charge < -0.3 is 9.64 Å². The first kappa shape index (κ1) is 19.5. The highest BCUT2D eigenvalue weighted by atomic mass is 79.9. The Kier molecular flexibility index (Phi) is 5.48. The van der Waals surface area contributed by atoms with E-state index in [0.717, 1.165) is 10.2 Å². The number of thioether (sulfide) groups is 1. The van der Waals surface area contributed by atoms with Crippen LogP contribution in [0.5, 0.6) is 5.75 Å². The Balaban J connectivity index is 1.58. The third-order valence-electron chi connectivity index (χ3n) is 4.48. The number of hydrogen-bond acceptors (Lipinski definition) is 5. The van der Waals surface area contributed by atoms with Crippen LogP contribution in [0.4, 0.5) is 5.69 Å². The molecule has 2 aliphatic rings. The van der Waals surface area contributed by atoms with E-state index in [1.54, 1.807) is 12.1 Å². The Labute approximate surface area is 176 Å². The van der Waals surface area contributed by atoms with Gasteiger partial charge in [0.05, 0.1) is 17.5 Å². The predicted molar refractivity (Wildman–Crippen MR) is 115 cm³/mol. The van der Waals surface area contributed by atoms with E-state index in [0.29, 0.717) is 10.9 Å². The average molecular weight is 481 g/mol. The van der Waals surface area contributed by atoms with E-state index in [2.05, 4.69) is 20.9 Å². The van der Waals surface area contributed by atoms with Crippen molar-refractivity contribution >= 4 is 54.3 Å². The zero-order valence-corrected chi connectivity index (χ0v) is 17.9. The van der Waals surface area contributed by atoms with Crippen LogP contribution in [0, 0.1) is 0 Å². The minimum Gasteiger partial charge on any atom is -0.484 e. The summed E-state index contributed by atoms with van der Waals surface area (Å²) in [6.07, 6.45) is 0. The SMILES string of the molecule is O=C(COc1ccccc1)N=C1S[C@H]2CS(=O)(=O)C[C@H]2N1c1cccc(Br)c1. The van der Waals surface area contributed by atoms with Gasteiger partial charge in [0.15, 0.2) is 21.6 Å². The molecule has 9 heteroatoms. The molecule has 6 nitrogen and oxygen atoms in total. The van der Waals surface area contributed by atoms with Gasteiger partial charge in [0.25, 0.3) is 5.91 Å². The molecule has 146 valence electrons. The third-order valence-corrected chi connectivity index (χ3v) is 8.18. The van der Waals surface area contributed by atoms with Crippen molar-refractivity contribution < 1.29 is 17.9 Å². The number of amidine groups is 1. The number of para-hydroxylation sites is 1. The molecule has 2 saturated heterocycles. The van der Waals surface area contributed by atoms with Crippen LogP contribution in [-0.4, -0.2) is 48.9 Å². The van der Waals surface area contributed by atoms with Gasteiger partial charge in [0.2, 0.25) is 0 Å². The largest absolute Gasteiger partial charge is 0.484 e. The lowest BCUT2D eigenvalue weighted by atomic mass is 10.2. The number of nitrogens with zero attached hydrogens (tertiary/aromatic N) is 2.